The number of thiazole rings is 1. The molecule has 0 aliphatic rings. The first-order chi connectivity index (χ1) is 7.89. The van der Waals surface area contributed by atoms with Gasteiger partial charge in [-0.25, -0.2) is 12.7 Å². The van der Waals surface area contributed by atoms with E-state index in [1.54, 1.807) is 6.92 Å². The highest BCUT2D eigenvalue weighted by Crippen LogP contribution is 2.19. The van der Waals surface area contributed by atoms with E-state index in [0.717, 1.165) is 24.3 Å². The normalized spacial score (nSPS) is 12.2. The molecule has 0 aliphatic heterocycles. The summed E-state index contributed by atoms with van der Waals surface area (Å²) in [5.41, 5.74) is 0.403. The number of hydrogen-bond donors (Lipinski definition) is 2. The van der Waals surface area contributed by atoms with Crippen LogP contribution >= 0.6 is 11.3 Å². The average molecular weight is 279 g/mol. The van der Waals surface area contributed by atoms with E-state index in [1.807, 2.05) is 7.05 Å². The van der Waals surface area contributed by atoms with Crippen molar-refractivity contribution in [3.05, 3.63) is 15.4 Å². The average Bonchev–Trinajstić information content (AvgIpc) is 2.58. The second-order valence-electron chi connectivity index (χ2n) is 3.71. The van der Waals surface area contributed by atoms with Gasteiger partial charge in [-0.05, 0) is 26.9 Å². The molecule has 98 valence electrons. The lowest BCUT2D eigenvalue weighted by Gasteiger charge is -2.15. The van der Waals surface area contributed by atoms with Gasteiger partial charge in [0, 0.05) is 19.3 Å². The summed E-state index contributed by atoms with van der Waals surface area (Å²) in [6.45, 7) is 2.77. The monoisotopic (exact) mass is 279 g/mol. The molecule has 0 aliphatic carbocycles. The number of aromatic amines is 1. The number of H-pyrrole nitrogens is 1. The maximum Gasteiger partial charge on any atom is 0.305 e. The lowest BCUT2D eigenvalue weighted by Crippen LogP contribution is -2.29. The predicted octanol–water partition coefficient (Wildman–Crippen LogP) is -0.0252. The molecule has 2 N–H and O–H groups in total. The van der Waals surface area contributed by atoms with Crippen LogP contribution < -0.4 is 10.2 Å². The van der Waals surface area contributed by atoms with Crippen LogP contribution in [0.15, 0.2) is 9.00 Å². The summed E-state index contributed by atoms with van der Waals surface area (Å²) in [5.74, 6) is 0. The molecule has 1 heterocycles. The van der Waals surface area contributed by atoms with Crippen molar-refractivity contribution in [3.63, 3.8) is 0 Å². The quantitative estimate of drug-likeness (QED) is 0.717. The van der Waals surface area contributed by atoms with Crippen molar-refractivity contribution in [1.82, 2.24) is 14.6 Å². The fourth-order valence-electron chi connectivity index (χ4n) is 1.38. The Morgan fingerprint density at radius 2 is 2.12 bits per heavy atom. The summed E-state index contributed by atoms with van der Waals surface area (Å²) in [4.78, 5) is 13.2. The van der Waals surface area contributed by atoms with E-state index in [4.69, 9.17) is 0 Å². The molecular weight excluding hydrogens is 262 g/mol. The molecule has 0 bridgehead atoms. The van der Waals surface area contributed by atoms with Crippen molar-refractivity contribution in [3.8, 4) is 0 Å². The van der Waals surface area contributed by atoms with E-state index in [1.165, 1.54) is 11.4 Å². The Bertz CT molecular complexity index is 518. The van der Waals surface area contributed by atoms with Crippen LogP contribution in [-0.4, -0.2) is 44.9 Å². The molecule has 1 aromatic rings. The highest BCUT2D eigenvalue weighted by atomic mass is 32.2. The van der Waals surface area contributed by atoms with Gasteiger partial charge in [-0.3, -0.25) is 4.79 Å². The van der Waals surface area contributed by atoms with Crippen molar-refractivity contribution in [1.29, 1.82) is 0 Å². The van der Waals surface area contributed by atoms with Gasteiger partial charge in [0.2, 0.25) is 0 Å². The van der Waals surface area contributed by atoms with Crippen molar-refractivity contribution < 1.29 is 8.42 Å². The number of nitrogens with one attached hydrogen (secondary N) is 2. The summed E-state index contributed by atoms with van der Waals surface area (Å²) in [7, 11) is -0.198. The van der Waals surface area contributed by atoms with Gasteiger partial charge < -0.3 is 10.3 Å². The third kappa shape index (κ3) is 3.38. The van der Waals surface area contributed by atoms with E-state index in [-0.39, 0.29) is 9.08 Å². The molecule has 17 heavy (non-hydrogen) atoms. The van der Waals surface area contributed by atoms with Gasteiger partial charge >= 0.3 is 4.87 Å². The van der Waals surface area contributed by atoms with E-state index in [0.29, 0.717) is 12.2 Å². The minimum absolute atomic E-state index is 0.106. The predicted molar refractivity (Wildman–Crippen MR) is 68.0 cm³/mol. The Balaban J connectivity index is 2.88. The molecule has 1 aromatic heterocycles. The number of hydrogen-bond acceptors (Lipinski definition) is 5. The molecule has 0 saturated heterocycles. The lowest BCUT2D eigenvalue weighted by molar-refractivity contribution is 0.459. The van der Waals surface area contributed by atoms with Gasteiger partial charge in [0.25, 0.3) is 10.0 Å². The Labute approximate surface area is 105 Å². The molecule has 0 unspecified atom stereocenters. The molecule has 0 saturated carbocycles. The smallest absolute Gasteiger partial charge is 0.305 e. The minimum Gasteiger partial charge on any atom is -0.320 e. The van der Waals surface area contributed by atoms with E-state index in [9.17, 15) is 13.2 Å². The van der Waals surface area contributed by atoms with E-state index >= 15 is 0 Å². The fourth-order valence-corrected chi connectivity index (χ4v) is 4.07. The fraction of sp³-hybridized carbons (Fsp3) is 0.667. The van der Waals surface area contributed by atoms with E-state index < -0.39 is 10.0 Å². The number of aromatic nitrogens is 1. The van der Waals surface area contributed by atoms with Crippen LogP contribution in [0.1, 0.15) is 12.1 Å². The van der Waals surface area contributed by atoms with Gasteiger partial charge in [0.05, 0.1) is 0 Å². The molecule has 1 rings (SSSR count). The molecule has 0 fully saturated rings. The number of sulfonamides is 1. The Morgan fingerprint density at radius 1 is 1.47 bits per heavy atom. The molecule has 8 heteroatoms. The van der Waals surface area contributed by atoms with Crippen LogP contribution in [0.3, 0.4) is 0 Å². The van der Waals surface area contributed by atoms with Gasteiger partial charge in [0.15, 0.2) is 4.21 Å². The third-order valence-corrected chi connectivity index (χ3v) is 5.76. The molecule has 0 spiro atoms. The second kappa shape index (κ2) is 5.76. The second-order valence-corrected chi connectivity index (χ2v) is 6.93. The maximum absolute atomic E-state index is 12.1. The van der Waals surface area contributed by atoms with Crippen molar-refractivity contribution in [2.24, 2.45) is 0 Å². The summed E-state index contributed by atoms with van der Waals surface area (Å²) >= 11 is 0.732. The SMILES string of the molecule is CNCCCN(C)S(=O)(=O)c1sc(=O)[nH]c1C. The largest absolute Gasteiger partial charge is 0.320 e. The standard InChI is InChI=1S/C9H17N3O3S2/c1-7-8(16-9(13)11-7)17(14,15)12(3)6-4-5-10-2/h10H,4-6H2,1-3H3,(H,11,13). The van der Waals surface area contributed by atoms with Crippen LogP contribution in [0.5, 0.6) is 0 Å². The number of rotatable bonds is 6. The van der Waals surface area contributed by atoms with Gasteiger partial charge in [-0.1, -0.05) is 11.3 Å². The molecule has 0 radical (unpaired) electrons. The van der Waals surface area contributed by atoms with Gasteiger partial charge in [0.1, 0.15) is 0 Å². The Morgan fingerprint density at radius 3 is 2.59 bits per heavy atom. The van der Waals surface area contributed by atoms with Crippen LogP contribution in [0, 0.1) is 6.92 Å². The van der Waals surface area contributed by atoms with E-state index in [2.05, 4.69) is 10.3 Å². The van der Waals surface area contributed by atoms with Crippen LogP contribution in [0.2, 0.25) is 0 Å². The number of aryl methyl sites for hydroxylation is 1. The zero-order valence-electron chi connectivity index (χ0n) is 10.1. The minimum atomic E-state index is -3.54. The summed E-state index contributed by atoms with van der Waals surface area (Å²) in [6, 6.07) is 0. The molecule has 0 amide bonds. The topological polar surface area (TPSA) is 82.3 Å². The van der Waals surface area contributed by atoms with Crippen molar-refractivity contribution >= 4 is 21.4 Å². The van der Waals surface area contributed by atoms with Crippen LogP contribution in [0.25, 0.3) is 0 Å². The van der Waals surface area contributed by atoms with Crippen molar-refractivity contribution in [2.75, 3.05) is 27.2 Å². The third-order valence-electron chi connectivity index (χ3n) is 2.33. The van der Waals surface area contributed by atoms with Crippen molar-refractivity contribution in [2.45, 2.75) is 17.6 Å². The summed E-state index contributed by atoms with van der Waals surface area (Å²) in [6.07, 6.45) is 0.727. The molecule has 0 aromatic carbocycles. The number of nitrogens with zero attached hydrogens (tertiary/aromatic N) is 1. The van der Waals surface area contributed by atoms with Gasteiger partial charge in [-0.15, -0.1) is 0 Å². The highest BCUT2D eigenvalue weighted by Gasteiger charge is 2.25. The zero-order valence-corrected chi connectivity index (χ0v) is 11.7. The summed E-state index contributed by atoms with van der Waals surface area (Å²) in [5, 5.41) is 2.95. The zero-order chi connectivity index (χ0) is 13.1. The first kappa shape index (κ1) is 14.4. The van der Waals surface area contributed by atoms with Crippen LogP contribution in [0.4, 0.5) is 0 Å². The first-order valence-electron chi connectivity index (χ1n) is 5.20. The Hall–Kier alpha value is -0.700. The molecule has 0 atom stereocenters. The highest BCUT2D eigenvalue weighted by molar-refractivity contribution is 7.91. The van der Waals surface area contributed by atoms with Gasteiger partial charge in [-0.2, -0.15) is 0 Å². The lowest BCUT2D eigenvalue weighted by atomic mass is 10.4. The van der Waals surface area contributed by atoms with Crippen LogP contribution in [-0.2, 0) is 10.0 Å². The molecular formula is C9H17N3O3S2. The molecule has 6 nitrogen and oxygen atoms in total. The Kier molecular flexibility index (Phi) is 4.87. The maximum atomic E-state index is 12.1. The summed E-state index contributed by atoms with van der Waals surface area (Å²) < 4.78 is 25.6. The first-order valence-corrected chi connectivity index (χ1v) is 7.46.